The number of halogens is 6. The van der Waals surface area contributed by atoms with Crippen molar-refractivity contribution in [2.45, 2.75) is 38.8 Å². The van der Waals surface area contributed by atoms with Gasteiger partial charge in [-0.15, -0.1) is 0 Å². The molecule has 0 heterocycles. The van der Waals surface area contributed by atoms with Crippen LogP contribution in [0.15, 0.2) is 66.7 Å². The highest BCUT2D eigenvalue weighted by atomic mass is 19.4. The molecule has 0 saturated carbocycles. The zero-order chi connectivity index (χ0) is 24.5. The second kappa shape index (κ2) is 9.53. The third kappa shape index (κ3) is 4.96. The van der Waals surface area contributed by atoms with Crippen molar-refractivity contribution in [3.8, 4) is 11.1 Å². The minimum atomic E-state index is -4.40. The molecule has 6 heteroatoms. The van der Waals surface area contributed by atoms with E-state index in [0.29, 0.717) is 52.3 Å². The van der Waals surface area contributed by atoms with Crippen molar-refractivity contribution in [2.75, 3.05) is 0 Å². The second-order valence-corrected chi connectivity index (χ2v) is 8.35. The number of hydrogen-bond acceptors (Lipinski definition) is 0. The van der Waals surface area contributed by atoms with Gasteiger partial charge in [0, 0.05) is 5.39 Å². The number of rotatable bonds is 6. The summed E-state index contributed by atoms with van der Waals surface area (Å²) in [5, 5.41) is 0.821. The average molecular weight is 472 g/mol. The summed E-state index contributed by atoms with van der Waals surface area (Å²) in [6.45, 7) is 1.93. The van der Waals surface area contributed by atoms with Crippen LogP contribution in [0.4, 0.5) is 26.3 Å². The highest BCUT2D eigenvalue weighted by Gasteiger charge is 2.29. The van der Waals surface area contributed by atoms with Gasteiger partial charge in [0.05, 0.1) is 11.1 Å². The molecule has 0 fully saturated rings. The molecule has 0 nitrogen and oxygen atoms in total. The number of fused-ring (bicyclic) bond motifs is 1. The molecule has 0 aliphatic heterocycles. The van der Waals surface area contributed by atoms with E-state index in [9.17, 15) is 22.0 Å². The predicted octanol–water partition coefficient (Wildman–Crippen LogP) is 8.68. The quantitative estimate of drug-likeness (QED) is 0.246. The van der Waals surface area contributed by atoms with Gasteiger partial charge in [-0.2, -0.15) is 13.2 Å². The maximum Gasteiger partial charge on any atom is 0.416 e. The molecule has 176 valence electrons. The Kier molecular flexibility index (Phi) is 6.69. The summed E-state index contributed by atoms with van der Waals surface area (Å²) < 4.78 is 82.5. The summed E-state index contributed by atoms with van der Waals surface area (Å²) in [4.78, 5) is 0. The summed E-state index contributed by atoms with van der Waals surface area (Å²) >= 11 is 0. The first-order valence-electron chi connectivity index (χ1n) is 11.0. The van der Waals surface area contributed by atoms with E-state index in [4.69, 9.17) is 0 Å². The van der Waals surface area contributed by atoms with E-state index < -0.39 is 29.2 Å². The Morgan fingerprint density at radius 2 is 1.35 bits per heavy atom. The molecule has 0 aliphatic carbocycles. The molecule has 0 aromatic heterocycles. The van der Waals surface area contributed by atoms with Crippen molar-refractivity contribution in [3.05, 3.63) is 106 Å². The highest BCUT2D eigenvalue weighted by molar-refractivity contribution is 5.88. The fraction of sp³-hybridized carbons (Fsp3) is 0.214. The molecule has 0 radical (unpaired) electrons. The summed E-state index contributed by atoms with van der Waals surface area (Å²) in [5.74, 6) is -1.76. The maximum absolute atomic E-state index is 15.1. The Balaban J connectivity index is 1.58. The Labute approximate surface area is 193 Å². The fourth-order valence-electron chi connectivity index (χ4n) is 4.16. The van der Waals surface area contributed by atoms with Crippen LogP contribution in [0.5, 0.6) is 0 Å². The smallest absolute Gasteiger partial charge is 0.206 e. The molecular weight excluding hydrogens is 450 g/mol. The van der Waals surface area contributed by atoms with Crippen molar-refractivity contribution < 1.29 is 26.3 Å². The Morgan fingerprint density at radius 3 is 1.97 bits per heavy atom. The largest absolute Gasteiger partial charge is 0.416 e. The van der Waals surface area contributed by atoms with Crippen molar-refractivity contribution >= 4 is 10.8 Å². The molecule has 0 saturated heterocycles. The molecule has 0 unspecified atom stereocenters. The van der Waals surface area contributed by atoms with Crippen molar-refractivity contribution in [1.82, 2.24) is 0 Å². The normalized spacial score (nSPS) is 11.9. The molecule has 0 atom stereocenters. The van der Waals surface area contributed by atoms with E-state index in [1.807, 2.05) is 6.92 Å². The number of benzene rings is 4. The molecule has 0 spiro atoms. The first-order chi connectivity index (χ1) is 16.2. The van der Waals surface area contributed by atoms with Crippen LogP contribution in [0.2, 0.25) is 0 Å². The molecule has 0 N–H and O–H groups in total. The van der Waals surface area contributed by atoms with Crippen molar-refractivity contribution in [1.29, 1.82) is 0 Å². The molecule has 0 aliphatic rings. The van der Waals surface area contributed by atoms with Crippen LogP contribution >= 0.6 is 0 Å². The van der Waals surface area contributed by atoms with Gasteiger partial charge < -0.3 is 0 Å². The van der Waals surface area contributed by atoms with Crippen LogP contribution in [0.1, 0.15) is 35.6 Å². The highest BCUT2D eigenvalue weighted by Crippen LogP contribution is 2.32. The van der Waals surface area contributed by atoms with Gasteiger partial charge in [0.25, 0.3) is 0 Å². The van der Waals surface area contributed by atoms with E-state index in [1.54, 1.807) is 18.2 Å². The summed E-state index contributed by atoms with van der Waals surface area (Å²) in [6.07, 6.45) is -2.37. The molecule has 0 bridgehead atoms. The fourth-order valence-corrected chi connectivity index (χ4v) is 4.16. The standard InChI is InChI=1S/C28H22F6/c1-2-3-18-14-24(29)26(25(30)15-18)21-10-13-23-20(16-21)9-8-19(27(23)31)7-4-17-5-11-22(12-6-17)28(32,33)34/h5-6,8-16H,2-4,7H2,1H3. The number of hydrogen-bond donors (Lipinski definition) is 0. The molecule has 4 aromatic carbocycles. The monoisotopic (exact) mass is 472 g/mol. The number of alkyl halides is 3. The topological polar surface area (TPSA) is 0 Å². The lowest BCUT2D eigenvalue weighted by molar-refractivity contribution is -0.137. The van der Waals surface area contributed by atoms with Crippen molar-refractivity contribution in [2.24, 2.45) is 0 Å². The van der Waals surface area contributed by atoms with E-state index in [1.165, 1.54) is 36.4 Å². The lowest BCUT2D eigenvalue weighted by Gasteiger charge is -2.11. The van der Waals surface area contributed by atoms with Gasteiger partial charge in [0.15, 0.2) is 0 Å². The summed E-state index contributed by atoms with van der Waals surface area (Å²) in [7, 11) is 0. The van der Waals surface area contributed by atoms with Gasteiger partial charge >= 0.3 is 6.18 Å². The van der Waals surface area contributed by atoms with Gasteiger partial charge in [-0.3, -0.25) is 0 Å². The Morgan fingerprint density at radius 1 is 0.676 bits per heavy atom. The summed E-state index contributed by atoms with van der Waals surface area (Å²) in [6, 6.07) is 15.3. The van der Waals surface area contributed by atoms with Crippen LogP contribution < -0.4 is 0 Å². The Bertz CT molecular complexity index is 1300. The van der Waals surface area contributed by atoms with Gasteiger partial charge in [0.2, 0.25) is 0 Å². The van der Waals surface area contributed by atoms with Crippen LogP contribution in [0.25, 0.3) is 21.9 Å². The van der Waals surface area contributed by atoms with E-state index in [0.717, 1.165) is 18.6 Å². The molecule has 34 heavy (non-hydrogen) atoms. The molecular formula is C28H22F6. The maximum atomic E-state index is 15.1. The molecule has 4 aromatic rings. The minimum absolute atomic E-state index is 0.145. The lowest BCUT2D eigenvalue weighted by atomic mass is 9.95. The Hall–Kier alpha value is -3.28. The molecule has 4 rings (SSSR count). The first kappa shape index (κ1) is 23.9. The third-order valence-electron chi connectivity index (χ3n) is 5.93. The third-order valence-corrected chi connectivity index (χ3v) is 5.93. The minimum Gasteiger partial charge on any atom is -0.206 e. The van der Waals surface area contributed by atoms with E-state index in [-0.39, 0.29) is 5.56 Å². The van der Waals surface area contributed by atoms with Crippen LogP contribution in [0.3, 0.4) is 0 Å². The van der Waals surface area contributed by atoms with Crippen LogP contribution in [-0.4, -0.2) is 0 Å². The van der Waals surface area contributed by atoms with E-state index in [2.05, 4.69) is 0 Å². The average Bonchev–Trinajstić information content (AvgIpc) is 2.78. The van der Waals surface area contributed by atoms with E-state index >= 15 is 4.39 Å². The van der Waals surface area contributed by atoms with Gasteiger partial charge in [-0.05, 0) is 77.2 Å². The molecule has 0 amide bonds. The van der Waals surface area contributed by atoms with Crippen LogP contribution in [0, 0.1) is 17.5 Å². The lowest BCUT2D eigenvalue weighted by Crippen LogP contribution is -2.04. The number of aryl methyl sites for hydroxylation is 3. The summed E-state index contributed by atoms with van der Waals surface area (Å²) in [5.41, 5.74) is 1.13. The van der Waals surface area contributed by atoms with Gasteiger partial charge in [-0.1, -0.05) is 49.7 Å². The van der Waals surface area contributed by atoms with Gasteiger partial charge in [0.1, 0.15) is 17.5 Å². The predicted molar refractivity (Wildman–Crippen MR) is 122 cm³/mol. The zero-order valence-corrected chi connectivity index (χ0v) is 18.4. The second-order valence-electron chi connectivity index (χ2n) is 8.35. The van der Waals surface area contributed by atoms with Crippen molar-refractivity contribution in [3.63, 3.8) is 0 Å². The zero-order valence-electron chi connectivity index (χ0n) is 18.4. The SMILES string of the molecule is CCCc1cc(F)c(-c2ccc3c(F)c(CCc4ccc(C(F)(F)F)cc4)ccc3c2)c(F)c1. The van der Waals surface area contributed by atoms with Crippen LogP contribution in [-0.2, 0) is 25.4 Å². The van der Waals surface area contributed by atoms with Gasteiger partial charge in [-0.25, -0.2) is 13.2 Å². The first-order valence-corrected chi connectivity index (χ1v) is 11.0.